The fraction of sp³-hybridized carbons (Fsp3) is 0.909. The Bertz CT molecular complexity index is 615. The number of fused-ring (bicyclic) bond motifs is 5. The number of hydrogen-bond donors (Lipinski definition) is 2. The van der Waals surface area contributed by atoms with Crippen molar-refractivity contribution in [1.82, 2.24) is 0 Å². The van der Waals surface area contributed by atoms with Gasteiger partial charge in [-0.15, -0.1) is 0 Å². The van der Waals surface area contributed by atoms with Gasteiger partial charge in [0.2, 0.25) is 0 Å². The van der Waals surface area contributed by atoms with Gasteiger partial charge < -0.3 is 10.2 Å². The van der Waals surface area contributed by atoms with E-state index in [1.54, 1.807) is 0 Å². The lowest BCUT2D eigenvalue weighted by molar-refractivity contribution is -0.211. The van der Waals surface area contributed by atoms with E-state index in [1.807, 2.05) is 0 Å². The summed E-state index contributed by atoms with van der Waals surface area (Å²) in [4.78, 5) is 0. The first-order valence-electron chi connectivity index (χ1n) is 10.7. The number of aliphatic hydroxyl groups is 2. The average molecular weight is 386 g/mol. The van der Waals surface area contributed by atoms with E-state index in [1.165, 1.54) is 5.57 Å². The zero-order valence-corrected chi connectivity index (χ0v) is 16.4. The van der Waals surface area contributed by atoms with Crippen LogP contribution in [0.1, 0.15) is 71.6 Å². The van der Waals surface area contributed by atoms with E-state index in [-0.39, 0.29) is 29.3 Å². The summed E-state index contributed by atoms with van der Waals surface area (Å²) in [5.74, 6) is 1.56. The molecule has 0 aromatic carbocycles. The number of aliphatic hydroxyl groups excluding tert-OH is 2. The van der Waals surface area contributed by atoms with Crippen molar-refractivity contribution in [2.45, 2.75) is 90.0 Å². The molecule has 5 unspecified atom stereocenters. The third-order valence-electron chi connectivity index (χ3n) is 9.16. The molecule has 0 amide bonds. The molecule has 27 heavy (non-hydrogen) atoms. The highest BCUT2D eigenvalue weighted by Crippen LogP contribution is 2.66. The topological polar surface area (TPSA) is 40.5 Å². The molecule has 3 fully saturated rings. The largest absolute Gasteiger partial charge is 0.414 e. The molecule has 2 nitrogen and oxygen atoms in total. The predicted octanol–water partition coefficient (Wildman–Crippen LogP) is 5.24. The standard InChI is InChI=1S/C22H33F3O2/c1-20-9-7-15(26)11-13(20)3-5-16-17-6-4-14(12-19(27)22(23,24)25)21(17,2)10-8-18(16)20/h3,14-19,26-27H,4-12H2,1-2H3/t14?,15-,16?,17?,18?,19+,20?,21+/m0/s1. The van der Waals surface area contributed by atoms with Crippen molar-refractivity contribution in [1.29, 1.82) is 0 Å². The van der Waals surface area contributed by atoms with Crippen LogP contribution in [0.4, 0.5) is 13.2 Å². The number of hydrogen-bond acceptors (Lipinski definition) is 2. The van der Waals surface area contributed by atoms with Gasteiger partial charge in [-0.1, -0.05) is 25.5 Å². The molecule has 2 N–H and O–H groups in total. The summed E-state index contributed by atoms with van der Waals surface area (Å²) in [6.45, 7) is 4.56. The van der Waals surface area contributed by atoms with Crippen molar-refractivity contribution in [3.05, 3.63) is 11.6 Å². The van der Waals surface area contributed by atoms with Crippen molar-refractivity contribution < 1.29 is 23.4 Å². The van der Waals surface area contributed by atoms with E-state index in [2.05, 4.69) is 19.9 Å². The first-order valence-corrected chi connectivity index (χ1v) is 10.7. The summed E-state index contributed by atoms with van der Waals surface area (Å²) in [7, 11) is 0. The van der Waals surface area contributed by atoms with Crippen LogP contribution in [0.2, 0.25) is 0 Å². The minimum Gasteiger partial charge on any atom is -0.393 e. The van der Waals surface area contributed by atoms with Gasteiger partial charge in [-0.2, -0.15) is 13.2 Å². The molecule has 0 aromatic rings. The molecule has 0 aromatic heterocycles. The van der Waals surface area contributed by atoms with Crippen molar-refractivity contribution >= 4 is 0 Å². The molecular formula is C22H33F3O2. The van der Waals surface area contributed by atoms with Crippen LogP contribution in [0.3, 0.4) is 0 Å². The fourth-order valence-electron chi connectivity index (χ4n) is 7.54. The van der Waals surface area contributed by atoms with E-state index in [0.717, 1.165) is 51.4 Å². The normalized spacial score (nSPS) is 48.3. The average Bonchev–Trinajstić information content (AvgIpc) is 2.91. The lowest BCUT2D eigenvalue weighted by Gasteiger charge is -2.58. The van der Waals surface area contributed by atoms with Crippen LogP contribution in [0, 0.1) is 34.5 Å². The molecule has 4 aliphatic carbocycles. The van der Waals surface area contributed by atoms with Crippen LogP contribution in [-0.2, 0) is 0 Å². The lowest BCUT2D eigenvalue weighted by Crippen LogP contribution is -2.50. The number of allylic oxidation sites excluding steroid dienone is 1. The summed E-state index contributed by atoms with van der Waals surface area (Å²) in [5, 5.41) is 19.7. The van der Waals surface area contributed by atoms with Crippen LogP contribution in [0.5, 0.6) is 0 Å². The van der Waals surface area contributed by atoms with Gasteiger partial charge in [0.25, 0.3) is 0 Å². The van der Waals surface area contributed by atoms with E-state index in [0.29, 0.717) is 17.8 Å². The van der Waals surface area contributed by atoms with E-state index in [4.69, 9.17) is 0 Å². The minimum atomic E-state index is -4.51. The van der Waals surface area contributed by atoms with Gasteiger partial charge in [0.05, 0.1) is 6.10 Å². The summed E-state index contributed by atoms with van der Waals surface area (Å²) in [5.41, 5.74) is 1.50. The quantitative estimate of drug-likeness (QED) is 0.637. The van der Waals surface area contributed by atoms with Gasteiger partial charge in [0.15, 0.2) is 0 Å². The van der Waals surface area contributed by atoms with Crippen molar-refractivity contribution in [3.8, 4) is 0 Å². The first kappa shape index (κ1) is 19.8. The van der Waals surface area contributed by atoms with Crippen LogP contribution in [-0.4, -0.2) is 28.6 Å². The van der Waals surface area contributed by atoms with Crippen molar-refractivity contribution in [2.24, 2.45) is 34.5 Å². The Morgan fingerprint density at radius 1 is 1.11 bits per heavy atom. The molecule has 4 aliphatic rings. The Balaban J connectivity index is 1.55. The molecule has 0 radical (unpaired) electrons. The maximum absolute atomic E-state index is 12.9. The Morgan fingerprint density at radius 2 is 1.85 bits per heavy atom. The Morgan fingerprint density at radius 3 is 2.56 bits per heavy atom. The fourth-order valence-corrected chi connectivity index (χ4v) is 7.54. The molecular weight excluding hydrogens is 353 g/mol. The van der Waals surface area contributed by atoms with Gasteiger partial charge >= 0.3 is 6.18 Å². The molecule has 154 valence electrons. The molecule has 0 heterocycles. The van der Waals surface area contributed by atoms with E-state index >= 15 is 0 Å². The maximum Gasteiger partial charge on any atom is 0.414 e. The summed E-state index contributed by atoms with van der Waals surface area (Å²) < 4.78 is 38.7. The van der Waals surface area contributed by atoms with Crippen LogP contribution in [0.25, 0.3) is 0 Å². The van der Waals surface area contributed by atoms with Gasteiger partial charge in [0, 0.05) is 0 Å². The summed E-state index contributed by atoms with van der Waals surface area (Å²) in [6.07, 6.45) is 2.84. The molecule has 0 spiro atoms. The second-order valence-electron chi connectivity index (χ2n) is 10.3. The van der Waals surface area contributed by atoms with Gasteiger partial charge in [0.1, 0.15) is 6.10 Å². The molecule has 0 saturated heterocycles. The third-order valence-corrected chi connectivity index (χ3v) is 9.16. The number of alkyl halides is 3. The Labute approximate surface area is 160 Å². The van der Waals surface area contributed by atoms with Gasteiger partial charge in [-0.05, 0) is 92.3 Å². The molecule has 0 aliphatic heterocycles. The highest BCUT2D eigenvalue weighted by molar-refractivity contribution is 5.25. The van der Waals surface area contributed by atoms with Crippen LogP contribution in [0.15, 0.2) is 11.6 Å². The maximum atomic E-state index is 12.9. The Kier molecular flexibility index (Phi) is 4.74. The molecule has 0 bridgehead atoms. The molecule has 8 atom stereocenters. The van der Waals surface area contributed by atoms with Gasteiger partial charge in [-0.3, -0.25) is 0 Å². The van der Waals surface area contributed by atoms with E-state index in [9.17, 15) is 23.4 Å². The molecule has 3 saturated carbocycles. The molecule has 5 heteroatoms. The highest BCUT2D eigenvalue weighted by Gasteiger charge is 2.59. The molecule has 4 rings (SSSR count). The number of halogens is 3. The minimum absolute atomic E-state index is 0.0357. The monoisotopic (exact) mass is 386 g/mol. The SMILES string of the molecule is CC12CC[C@H](O)CC1=CCC1C2CC[C@]2(C)C(C[C@@H](O)C(F)(F)F)CCC12. The predicted molar refractivity (Wildman–Crippen MR) is 97.9 cm³/mol. The lowest BCUT2D eigenvalue weighted by atomic mass is 9.47. The highest BCUT2D eigenvalue weighted by atomic mass is 19.4. The smallest absolute Gasteiger partial charge is 0.393 e. The number of rotatable bonds is 2. The Hall–Kier alpha value is -0.550. The third kappa shape index (κ3) is 3.08. The first-order chi connectivity index (χ1) is 12.6. The second-order valence-corrected chi connectivity index (χ2v) is 10.3. The summed E-state index contributed by atoms with van der Waals surface area (Å²) >= 11 is 0. The van der Waals surface area contributed by atoms with Crippen LogP contribution < -0.4 is 0 Å². The van der Waals surface area contributed by atoms with Crippen LogP contribution >= 0.6 is 0 Å². The zero-order valence-electron chi connectivity index (χ0n) is 16.4. The van der Waals surface area contributed by atoms with E-state index < -0.39 is 12.3 Å². The zero-order chi connectivity index (χ0) is 19.6. The van der Waals surface area contributed by atoms with Gasteiger partial charge in [-0.25, -0.2) is 0 Å². The summed E-state index contributed by atoms with van der Waals surface area (Å²) in [6, 6.07) is 0. The second kappa shape index (κ2) is 6.48. The van der Waals surface area contributed by atoms with Crippen molar-refractivity contribution in [3.63, 3.8) is 0 Å². The van der Waals surface area contributed by atoms with Crippen molar-refractivity contribution in [2.75, 3.05) is 0 Å².